The minimum Gasteiger partial charge on any atom is -0.392 e. The van der Waals surface area contributed by atoms with E-state index in [1.165, 1.54) is 27.5 Å². The zero-order valence-corrected chi connectivity index (χ0v) is 32.0. The fraction of sp³-hybridized carbons (Fsp3) is 0.425. The molecule has 3 N–H and O–H groups in total. The Balaban J connectivity index is 1.07. The van der Waals surface area contributed by atoms with Crippen LogP contribution in [0.25, 0.3) is 11.3 Å². The number of aliphatic hydroxyl groups is 1. The summed E-state index contributed by atoms with van der Waals surface area (Å²) in [5.74, 6) is -0.0674. The second-order valence-corrected chi connectivity index (χ2v) is 15.6. The van der Waals surface area contributed by atoms with Gasteiger partial charge in [0.2, 0.25) is 5.91 Å². The number of carbonyl (C=O) groups excluding carboxylic acids is 2. The number of ether oxygens (including phenoxy) is 2. The normalized spacial score (nSPS) is 19.2. The average Bonchev–Trinajstić information content (AvgIpc) is 3.59. The first kappa shape index (κ1) is 37.0. The van der Waals surface area contributed by atoms with E-state index in [0.717, 1.165) is 68.2 Å². The van der Waals surface area contributed by atoms with Crippen LogP contribution in [-0.2, 0) is 47.4 Å². The number of fused-ring (bicyclic) bond motifs is 3. The number of thiophene rings is 1. The Morgan fingerprint density at radius 3 is 2.71 bits per heavy atom. The van der Waals surface area contributed by atoms with Gasteiger partial charge in [0.15, 0.2) is 5.82 Å². The molecule has 4 aromatic rings. The van der Waals surface area contributed by atoms with E-state index in [9.17, 15) is 19.5 Å². The first-order valence-corrected chi connectivity index (χ1v) is 19.7. The fourth-order valence-corrected chi connectivity index (χ4v) is 9.61. The lowest BCUT2D eigenvalue weighted by Gasteiger charge is -2.45. The van der Waals surface area contributed by atoms with Crippen molar-refractivity contribution >= 4 is 51.8 Å². The van der Waals surface area contributed by atoms with E-state index in [1.54, 1.807) is 36.5 Å². The zero-order valence-electron chi connectivity index (χ0n) is 31.2. The predicted octanol–water partition coefficient (Wildman–Crippen LogP) is 4.23. The third-order valence-electron chi connectivity index (χ3n) is 11.1. The number of hydrogen-bond donors (Lipinski definition) is 3. The minimum absolute atomic E-state index is 0.0551. The molecule has 15 heteroatoms. The summed E-state index contributed by atoms with van der Waals surface area (Å²) in [6.45, 7) is 11.2. The van der Waals surface area contributed by atoms with Gasteiger partial charge in [-0.3, -0.25) is 24.2 Å². The Labute approximate surface area is 323 Å². The van der Waals surface area contributed by atoms with E-state index >= 15 is 0 Å². The molecule has 0 spiro atoms. The van der Waals surface area contributed by atoms with Gasteiger partial charge in [-0.05, 0) is 74.1 Å². The molecule has 0 bridgehead atoms. The second kappa shape index (κ2) is 15.7. The van der Waals surface area contributed by atoms with Gasteiger partial charge >= 0.3 is 0 Å². The average molecular weight is 767 g/mol. The van der Waals surface area contributed by atoms with Crippen molar-refractivity contribution in [1.82, 2.24) is 19.4 Å². The lowest BCUT2D eigenvalue weighted by Crippen LogP contribution is -2.56. The van der Waals surface area contributed by atoms with Crippen molar-refractivity contribution in [1.29, 1.82) is 0 Å². The number of amides is 2. The van der Waals surface area contributed by atoms with Gasteiger partial charge in [0, 0.05) is 92.6 Å². The molecule has 1 atom stereocenters. The van der Waals surface area contributed by atoms with Crippen LogP contribution in [0.15, 0.2) is 54.1 Å². The molecule has 1 aromatic carbocycles. The van der Waals surface area contributed by atoms with Crippen LogP contribution < -0.4 is 26.0 Å². The molecule has 2 saturated heterocycles. The first-order valence-electron chi connectivity index (χ1n) is 18.9. The monoisotopic (exact) mass is 766 g/mol. The molecule has 8 rings (SSSR count). The van der Waals surface area contributed by atoms with Crippen LogP contribution in [0.4, 0.5) is 28.7 Å². The van der Waals surface area contributed by atoms with Crippen LogP contribution in [0, 0.1) is 0 Å². The third-order valence-corrected chi connectivity index (χ3v) is 12.4. The van der Waals surface area contributed by atoms with Crippen LogP contribution in [0.1, 0.15) is 51.0 Å². The van der Waals surface area contributed by atoms with Crippen molar-refractivity contribution in [2.24, 2.45) is 7.05 Å². The van der Waals surface area contributed by atoms with Crippen LogP contribution in [-0.4, -0.2) is 94.4 Å². The fourth-order valence-electron chi connectivity index (χ4n) is 8.32. The number of nitrogens with zero attached hydrogens (tertiary/aromatic N) is 6. The number of rotatable bonds is 9. The Morgan fingerprint density at radius 2 is 1.93 bits per heavy atom. The molecule has 4 aliphatic rings. The summed E-state index contributed by atoms with van der Waals surface area (Å²) in [6, 6.07) is 8.07. The summed E-state index contributed by atoms with van der Waals surface area (Å²) in [4.78, 5) is 57.7. The quantitative estimate of drug-likeness (QED) is 0.210. The maximum atomic E-state index is 13.9. The van der Waals surface area contributed by atoms with Gasteiger partial charge in [-0.15, -0.1) is 11.3 Å². The molecule has 55 heavy (non-hydrogen) atoms. The molecular formula is C40H46N8O6S. The van der Waals surface area contributed by atoms with E-state index in [1.807, 2.05) is 12.1 Å². The molecule has 0 radical (unpaired) electrons. The molecule has 4 aliphatic heterocycles. The van der Waals surface area contributed by atoms with E-state index in [-0.39, 0.29) is 29.2 Å². The number of aryl methyl sites for hydroxylation is 1. The third kappa shape index (κ3) is 7.18. The highest BCUT2D eigenvalue weighted by atomic mass is 32.1. The molecule has 2 amide bonds. The lowest BCUT2D eigenvalue weighted by molar-refractivity contribution is -0.111. The SMILES string of the molecule is C=CC(=O)Nc1cc(Nc2nc(-c3ccnc(N4CCc5c(sc6c5CCOC6)C4=O)c3CO)cn(C)c2=O)ccc1N1CCN(C2CCOCC2)C[C@@H]1C. The smallest absolute Gasteiger partial charge is 0.293 e. The highest BCUT2D eigenvalue weighted by molar-refractivity contribution is 7.14. The minimum atomic E-state index is -0.396. The van der Waals surface area contributed by atoms with Crippen molar-refractivity contribution in [3.05, 3.63) is 86.1 Å². The number of nitrogens with one attached hydrogen (secondary N) is 2. The lowest BCUT2D eigenvalue weighted by atomic mass is 9.97. The van der Waals surface area contributed by atoms with E-state index in [0.29, 0.717) is 71.1 Å². The topological polar surface area (TPSA) is 154 Å². The van der Waals surface area contributed by atoms with Crippen molar-refractivity contribution in [2.45, 2.75) is 57.9 Å². The first-order chi connectivity index (χ1) is 26.7. The zero-order chi connectivity index (χ0) is 38.2. The molecule has 288 valence electrons. The van der Waals surface area contributed by atoms with Gasteiger partial charge in [-0.25, -0.2) is 9.97 Å². The van der Waals surface area contributed by atoms with Crippen molar-refractivity contribution in [3.63, 3.8) is 0 Å². The van der Waals surface area contributed by atoms with Crippen LogP contribution >= 0.6 is 11.3 Å². The molecule has 2 fully saturated rings. The Bertz CT molecular complexity index is 2200. The predicted molar refractivity (Wildman–Crippen MR) is 212 cm³/mol. The number of hydrogen-bond acceptors (Lipinski definition) is 12. The van der Waals surface area contributed by atoms with Crippen molar-refractivity contribution in [2.75, 3.05) is 66.4 Å². The Morgan fingerprint density at radius 1 is 1.09 bits per heavy atom. The molecule has 0 unspecified atom stereocenters. The number of aromatic nitrogens is 3. The Hall–Kier alpha value is -4.93. The van der Waals surface area contributed by atoms with Crippen molar-refractivity contribution in [3.8, 4) is 11.3 Å². The van der Waals surface area contributed by atoms with Gasteiger partial charge in [0.05, 0.1) is 41.8 Å². The second-order valence-electron chi connectivity index (χ2n) is 14.5. The molecule has 0 saturated carbocycles. The van der Waals surface area contributed by atoms with Gasteiger partial charge < -0.3 is 34.7 Å². The molecular weight excluding hydrogens is 721 g/mol. The largest absolute Gasteiger partial charge is 0.392 e. The highest BCUT2D eigenvalue weighted by Crippen LogP contribution is 2.39. The van der Waals surface area contributed by atoms with Gasteiger partial charge in [-0.1, -0.05) is 6.58 Å². The summed E-state index contributed by atoms with van der Waals surface area (Å²) in [7, 11) is 1.64. The van der Waals surface area contributed by atoms with Crippen molar-refractivity contribution < 1.29 is 24.2 Å². The van der Waals surface area contributed by atoms with Crippen LogP contribution in [0.5, 0.6) is 0 Å². The molecule has 3 aromatic heterocycles. The summed E-state index contributed by atoms with van der Waals surface area (Å²) in [5, 5.41) is 16.9. The number of piperazine rings is 1. The highest BCUT2D eigenvalue weighted by Gasteiger charge is 2.35. The Kier molecular flexibility index (Phi) is 10.5. The molecule has 0 aliphatic carbocycles. The molecule has 14 nitrogen and oxygen atoms in total. The summed E-state index contributed by atoms with van der Waals surface area (Å²) in [6.07, 6.45) is 8.01. The standard InChI is InChI=1S/C40H46N8O6S/c1-4-35(50)43-31-19-25(5-6-33(31)47-15-14-46(20-24(47)2)26-9-16-53-17-10-26)42-37-40(52)45(3)21-32(44-37)27-7-12-41-38(30(27)22-49)48-13-8-29-28-11-18-54-23-34(28)55-36(29)39(48)51/h4-7,12,19,21,24,26,49H,1,8-11,13-18,20,22-23H2,2-3H3,(H,42,44)(H,43,50)/t24-/m0/s1. The number of benzene rings is 1. The number of anilines is 5. The summed E-state index contributed by atoms with van der Waals surface area (Å²) < 4.78 is 12.7. The van der Waals surface area contributed by atoms with Crippen LogP contribution in [0.2, 0.25) is 0 Å². The molecule has 7 heterocycles. The maximum Gasteiger partial charge on any atom is 0.293 e. The van der Waals surface area contributed by atoms with Gasteiger partial charge in [0.1, 0.15) is 5.82 Å². The summed E-state index contributed by atoms with van der Waals surface area (Å²) in [5.41, 5.74) is 5.38. The number of aliphatic hydroxyl groups excluding tert-OH is 1. The van der Waals surface area contributed by atoms with Gasteiger partial charge in [-0.2, -0.15) is 0 Å². The summed E-state index contributed by atoms with van der Waals surface area (Å²) >= 11 is 1.48. The number of carbonyl (C=O) groups is 2. The number of pyridine rings is 1. The van der Waals surface area contributed by atoms with E-state index in [4.69, 9.17) is 14.5 Å². The van der Waals surface area contributed by atoms with Crippen LogP contribution in [0.3, 0.4) is 0 Å². The maximum absolute atomic E-state index is 13.9. The van der Waals surface area contributed by atoms with Gasteiger partial charge in [0.25, 0.3) is 11.5 Å². The van der Waals surface area contributed by atoms with E-state index < -0.39 is 6.61 Å². The van der Waals surface area contributed by atoms with E-state index in [2.05, 4.69) is 38.9 Å².